The van der Waals surface area contributed by atoms with E-state index < -0.39 is 11.3 Å². The summed E-state index contributed by atoms with van der Waals surface area (Å²) >= 11 is 0. The third kappa shape index (κ3) is 5.08. The van der Waals surface area contributed by atoms with Gasteiger partial charge >= 0.3 is 0 Å². The summed E-state index contributed by atoms with van der Waals surface area (Å²) in [6, 6.07) is 1.73. The lowest BCUT2D eigenvalue weighted by Gasteiger charge is -2.43. The van der Waals surface area contributed by atoms with Crippen LogP contribution in [0.15, 0.2) is 12.3 Å². The molecular weight excluding hydrogens is 442 g/mol. The molecule has 2 saturated heterocycles. The van der Waals surface area contributed by atoms with Gasteiger partial charge in [-0.05, 0) is 13.0 Å². The Bertz CT molecular complexity index is 950. The Morgan fingerprint density at radius 1 is 1.32 bits per heavy atom. The summed E-state index contributed by atoms with van der Waals surface area (Å²) in [5, 5.41) is 3.49. The van der Waals surface area contributed by atoms with E-state index in [0.717, 1.165) is 20.0 Å². The van der Waals surface area contributed by atoms with E-state index in [1.54, 1.807) is 9.80 Å². The predicted molar refractivity (Wildman–Crippen MR) is 126 cm³/mol. The maximum absolute atomic E-state index is 14.0. The molecule has 0 saturated carbocycles. The largest absolute Gasteiger partial charge is 0.343 e. The molecule has 34 heavy (non-hydrogen) atoms. The average Bonchev–Trinajstić information content (AvgIpc) is 3.02. The van der Waals surface area contributed by atoms with Gasteiger partial charge in [-0.3, -0.25) is 24.4 Å². The monoisotopic (exact) mass is 478 g/mol. The number of amides is 2. The number of likely N-dealkylation sites (N-methyl/N-ethyl adjacent to an activating group) is 1. The minimum Gasteiger partial charge on any atom is -0.343 e. The van der Waals surface area contributed by atoms with Crippen LogP contribution in [0.25, 0.3) is 0 Å². The number of halogens is 2. The molecule has 2 fully saturated rings. The third-order valence-corrected chi connectivity index (χ3v) is 7.23. The van der Waals surface area contributed by atoms with E-state index in [1.807, 2.05) is 20.9 Å². The van der Waals surface area contributed by atoms with Crippen molar-refractivity contribution in [2.24, 2.45) is 0 Å². The number of aromatic nitrogens is 1. The number of hydrogen-bond donors (Lipinski definition) is 1. The van der Waals surface area contributed by atoms with Crippen molar-refractivity contribution in [3.8, 4) is 0 Å². The number of hydrogen-bond acceptors (Lipinski definition) is 6. The van der Waals surface area contributed by atoms with E-state index in [4.69, 9.17) is 0 Å². The molecule has 0 aliphatic carbocycles. The number of nitrogens with zero attached hydrogens (tertiary/aromatic N) is 5. The molecular formula is C24H36F2N6O2. The van der Waals surface area contributed by atoms with Crippen molar-refractivity contribution in [3.05, 3.63) is 23.5 Å². The van der Waals surface area contributed by atoms with Gasteiger partial charge in [-0.15, -0.1) is 0 Å². The van der Waals surface area contributed by atoms with E-state index >= 15 is 0 Å². The number of piperazine rings is 2. The molecule has 0 aromatic carbocycles. The number of pyridine rings is 1. The van der Waals surface area contributed by atoms with Crippen LogP contribution in [-0.4, -0.2) is 103 Å². The van der Waals surface area contributed by atoms with E-state index in [-0.39, 0.29) is 36.0 Å². The van der Waals surface area contributed by atoms with Crippen LogP contribution in [0.1, 0.15) is 39.0 Å². The van der Waals surface area contributed by atoms with Gasteiger partial charge in [-0.2, -0.15) is 0 Å². The van der Waals surface area contributed by atoms with Crippen LogP contribution in [0.2, 0.25) is 0 Å². The fourth-order valence-electron chi connectivity index (χ4n) is 5.12. The summed E-state index contributed by atoms with van der Waals surface area (Å²) < 4.78 is 28.0. The van der Waals surface area contributed by atoms with E-state index in [1.165, 1.54) is 12.3 Å². The zero-order valence-electron chi connectivity index (χ0n) is 20.8. The fraction of sp³-hybridized carbons (Fsp3) is 0.708. The topological polar surface area (TPSA) is 72.0 Å². The normalized spacial score (nSPS) is 26.1. The van der Waals surface area contributed by atoms with Gasteiger partial charge in [0.05, 0.1) is 24.5 Å². The first-order valence-electron chi connectivity index (χ1n) is 12.0. The number of alkyl halides is 2. The van der Waals surface area contributed by atoms with Crippen LogP contribution in [0.4, 0.5) is 14.5 Å². The highest BCUT2D eigenvalue weighted by Gasteiger charge is 2.42. The molecule has 0 spiro atoms. The van der Waals surface area contributed by atoms with Crippen molar-refractivity contribution in [2.45, 2.75) is 51.1 Å². The first kappa shape index (κ1) is 24.9. The Kier molecular flexibility index (Phi) is 6.69. The highest BCUT2D eigenvalue weighted by molar-refractivity contribution is 5.97. The van der Waals surface area contributed by atoms with Crippen LogP contribution in [0.5, 0.6) is 0 Å². The van der Waals surface area contributed by atoms with Gasteiger partial charge in [0, 0.05) is 82.5 Å². The van der Waals surface area contributed by atoms with Gasteiger partial charge in [0.25, 0.3) is 5.92 Å². The molecule has 4 rings (SSSR count). The van der Waals surface area contributed by atoms with Crippen LogP contribution in [-0.2, 0) is 20.9 Å². The molecule has 2 atom stereocenters. The van der Waals surface area contributed by atoms with Crippen LogP contribution in [0, 0.1) is 0 Å². The highest BCUT2D eigenvalue weighted by atomic mass is 19.3. The minimum absolute atomic E-state index is 0.0795. The summed E-state index contributed by atoms with van der Waals surface area (Å²) in [6.45, 7) is 11.5. The highest BCUT2D eigenvalue weighted by Crippen LogP contribution is 2.41. The summed E-state index contributed by atoms with van der Waals surface area (Å²) in [5.74, 6) is -3.03. The molecule has 4 heterocycles. The average molecular weight is 479 g/mol. The van der Waals surface area contributed by atoms with Gasteiger partial charge < -0.3 is 15.1 Å². The van der Waals surface area contributed by atoms with E-state index in [2.05, 4.69) is 27.0 Å². The third-order valence-electron chi connectivity index (χ3n) is 7.23. The molecule has 8 nitrogen and oxygen atoms in total. The number of carbonyl (C=O) groups is 2. The Balaban J connectivity index is 1.51. The van der Waals surface area contributed by atoms with Gasteiger partial charge in [-0.1, -0.05) is 13.8 Å². The van der Waals surface area contributed by atoms with Gasteiger partial charge in [0.15, 0.2) is 0 Å². The number of carbonyl (C=O) groups excluding carboxylic acids is 2. The summed E-state index contributed by atoms with van der Waals surface area (Å²) in [5.41, 5.74) is 0.562. The number of anilines is 1. The van der Waals surface area contributed by atoms with E-state index in [0.29, 0.717) is 44.1 Å². The second kappa shape index (κ2) is 9.13. The molecule has 3 aliphatic rings. The fourth-order valence-corrected chi connectivity index (χ4v) is 5.12. The second-order valence-electron chi connectivity index (χ2n) is 10.8. The molecule has 188 valence electrons. The quantitative estimate of drug-likeness (QED) is 0.687. The van der Waals surface area contributed by atoms with Crippen molar-refractivity contribution >= 4 is 17.5 Å². The molecule has 10 heteroatoms. The van der Waals surface area contributed by atoms with Crippen LogP contribution >= 0.6 is 0 Å². The molecule has 1 N–H and O–H groups in total. The first-order chi connectivity index (χ1) is 15.8. The number of nitrogens with one attached hydrogen (secondary N) is 1. The lowest BCUT2D eigenvalue weighted by Crippen LogP contribution is -2.62. The maximum Gasteiger partial charge on any atom is 0.272 e. The summed E-state index contributed by atoms with van der Waals surface area (Å²) in [6.07, 6.45) is 1.22. The Morgan fingerprint density at radius 3 is 2.74 bits per heavy atom. The van der Waals surface area contributed by atoms with Crippen molar-refractivity contribution in [3.63, 3.8) is 0 Å². The molecule has 1 aromatic heterocycles. The van der Waals surface area contributed by atoms with Gasteiger partial charge in [0.1, 0.15) is 0 Å². The molecule has 0 bridgehead atoms. The molecule has 2 amide bonds. The number of fused-ring (bicyclic) bond motifs is 1. The summed E-state index contributed by atoms with van der Waals surface area (Å²) in [4.78, 5) is 37.7. The van der Waals surface area contributed by atoms with Crippen molar-refractivity contribution < 1.29 is 18.4 Å². The van der Waals surface area contributed by atoms with Crippen LogP contribution in [0.3, 0.4) is 0 Å². The van der Waals surface area contributed by atoms with Crippen molar-refractivity contribution in [2.75, 3.05) is 64.3 Å². The zero-order chi connectivity index (χ0) is 24.8. The molecule has 1 unspecified atom stereocenters. The van der Waals surface area contributed by atoms with Crippen LogP contribution < -0.4 is 10.2 Å². The maximum atomic E-state index is 14.0. The smallest absolute Gasteiger partial charge is 0.272 e. The molecule has 3 aliphatic heterocycles. The first-order valence-corrected chi connectivity index (χ1v) is 12.0. The lowest BCUT2D eigenvalue weighted by molar-refractivity contribution is -0.135. The standard InChI is InChI=1S/C24H36F2N6O2/c1-16-11-31(18(10-27-16)12-30-7-6-29(5)20(33)13-30)14-21(34)32-15-23(2,3)22-19(32)8-17(9-28-22)24(4,25)26/h8-9,16,18,27H,6-7,10-15H2,1-5H3/t16?,18-/m1/s1. The zero-order valence-corrected chi connectivity index (χ0v) is 20.8. The lowest BCUT2D eigenvalue weighted by atomic mass is 9.91. The van der Waals surface area contributed by atoms with Gasteiger partial charge in [-0.25, -0.2) is 8.78 Å². The Labute approximate surface area is 200 Å². The van der Waals surface area contributed by atoms with E-state index in [9.17, 15) is 18.4 Å². The summed E-state index contributed by atoms with van der Waals surface area (Å²) in [7, 11) is 1.82. The van der Waals surface area contributed by atoms with Crippen molar-refractivity contribution in [1.82, 2.24) is 25.0 Å². The SMILES string of the molecule is CC1CN(CC(=O)N2CC(C)(C)c3ncc(C(C)(F)F)cc32)[C@@H](CN2CCN(C)C(=O)C2)CN1. The minimum atomic E-state index is -3.03. The van der Waals surface area contributed by atoms with Crippen molar-refractivity contribution in [1.29, 1.82) is 0 Å². The Morgan fingerprint density at radius 2 is 2.06 bits per heavy atom. The molecule has 1 aromatic rings. The van der Waals surface area contributed by atoms with Gasteiger partial charge in [0.2, 0.25) is 11.8 Å². The molecule has 0 radical (unpaired) electrons. The predicted octanol–water partition coefficient (Wildman–Crippen LogP) is 1.25. The Hall–Kier alpha value is -2.17. The second-order valence-corrected chi connectivity index (χ2v) is 10.8. The number of rotatable bonds is 5.